The molecule has 5 heteroatoms. The van der Waals surface area contributed by atoms with E-state index < -0.39 is 11.2 Å². The quantitative estimate of drug-likeness (QED) is 0.929. The highest BCUT2D eigenvalue weighted by Gasteiger charge is 2.46. The Balaban J connectivity index is 1.93. The molecule has 1 N–H and O–H groups in total. The number of β-amino-alcohol motifs (C(OH)–C–C–N with tert-alkyl or cyclic N) is 1. The SMILES string of the molecule is CCCOc1ccc(C2(O)CN(C(=O)OC(C)(C)C)C2)cc1. The van der Waals surface area contributed by atoms with Crippen LogP contribution >= 0.6 is 0 Å². The molecule has 0 bridgehead atoms. The van der Waals surface area contributed by atoms with Gasteiger partial charge in [-0.25, -0.2) is 4.79 Å². The summed E-state index contributed by atoms with van der Waals surface area (Å²) in [7, 11) is 0. The van der Waals surface area contributed by atoms with Gasteiger partial charge in [-0.2, -0.15) is 0 Å². The summed E-state index contributed by atoms with van der Waals surface area (Å²) >= 11 is 0. The van der Waals surface area contributed by atoms with Crippen LogP contribution < -0.4 is 4.74 Å². The number of likely N-dealkylation sites (tertiary alicyclic amines) is 1. The summed E-state index contributed by atoms with van der Waals surface area (Å²) in [6, 6.07) is 7.38. The lowest BCUT2D eigenvalue weighted by Gasteiger charge is -2.46. The van der Waals surface area contributed by atoms with Gasteiger partial charge >= 0.3 is 6.09 Å². The van der Waals surface area contributed by atoms with Gasteiger partial charge in [0.05, 0.1) is 19.7 Å². The van der Waals surface area contributed by atoms with E-state index in [2.05, 4.69) is 6.92 Å². The molecule has 22 heavy (non-hydrogen) atoms. The van der Waals surface area contributed by atoms with Gasteiger partial charge < -0.3 is 19.5 Å². The van der Waals surface area contributed by atoms with Crippen molar-refractivity contribution in [2.24, 2.45) is 0 Å². The zero-order valence-corrected chi connectivity index (χ0v) is 13.8. The van der Waals surface area contributed by atoms with Crippen LogP contribution in [0.15, 0.2) is 24.3 Å². The molecule has 1 aromatic carbocycles. The van der Waals surface area contributed by atoms with Crippen molar-refractivity contribution in [2.45, 2.75) is 45.3 Å². The van der Waals surface area contributed by atoms with Gasteiger partial charge in [-0.1, -0.05) is 19.1 Å². The molecule has 5 nitrogen and oxygen atoms in total. The number of aliphatic hydroxyl groups is 1. The van der Waals surface area contributed by atoms with E-state index in [0.29, 0.717) is 6.61 Å². The van der Waals surface area contributed by atoms with E-state index in [0.717, 1.165) is 17.7 Å². The molecule has 1 aliphatic heterocycles. The maximum atomic E-state index is 11.9. The van der Waals surface area contributed by atoms with Gasteiger partial charge in [0.25, 0.3) is 0 Å². The Bertz CT molecular complexity index is 512. The summed E-state index contributed by atoms with van der Waals surface area (Å²) in [5.41, 5.74) is -0.736. The molecule has 122 valence electrons. The van der Waals surface area contributed by atoms with E-state index in [1.165, 1.54) is 4.90 Å². The summed E-state index contributed by atoms with van der Waals surface area (Å²) in [5, 5.41) is 10.6. The van der Waals surface area contributed by atoms with Crippen LogP contribution in [0.1, 0.15) is 39.7 Å². The van der Waals surface area contributed by atoms with Gasteiger partial charge in [-0.15, -0.1) is 0 Å². The summed E-state index contributed by atoms with van der Waals surface area (Å²) in [5.74, 6) is 0.789. The highest BCUT2D eigenvalue weighted by molar-refractivity contribution is 5.70. The van der Waals surface area contributed by atoms with Crippen molar-refractivity contribution < 1.29 is 19.4 Å². The summed E-state index contributed by atoms with van der Waals surface area (Å²) < 4.78 is 10.8. The molecule has 1 heterocycles. The zero-order valence-electron chi connectivity index (χ0n) is 13.8. The molecule has 1 amide bonds. The number of carbonyl (C=O) groups excluding carboxylic acids is 1. The number of nitrogens with zero attached hydrogens (tertiary/aromatic N) is 1. The van der Waals surface area contributed by atoms with E-state index in [1.54, 1.807) is 0 Å². The van der Waals surface area contributed by atoms with E-state index >= 15 is 0 Å². The molecule has 1 aliphatic rings. The fourth-order valence-electron chi connectivity index (χ4n) is 2.30. The minimum Gasteiger partial charge on any atom is -0.494 e. The third kappa shape index (κ3) is 3.91. The molecule has 0 aliphatic carbocycles. The van der Waals surface area contributed by atoms with Crippen molar-refractivity contribution in [3.8, 4) is 5.75 Å². The van der Waals surface area contributed by atoms with Crippen LogP contribution in [0.3, 0.4) is 0 Å². The second kappa shape index (κ2) is 6.16. The lowest BCUT2D eigenvalue weighted by atomic mass is 9.86. The summed E-state index contributed by atoms with van der Waals surface area (Å²) in [6.07, 6.45) is 0.566. The number of rotatable bonds is 4. The maximum Gasteiger partial charge on any atom is 0.410 e. The smallest absolute Gasteiger partial charge is 0.410 e. The van der Waals surface area contributed by atoms with Crippen molar-refractivity contribution in [1.82, 2.24) is 4.90 Å². The van der Waals surface area contributed by atoms with Crippen LogP contribution in [-0.2, 0) is 10.3 Å². The first-order valence-corrected chi connectivity index (χ1v) is 7.67. The minimum absolute atomic E-state index is 0.247. The third-order valence-electron chi connectivity index (χ3n) is 3.42. The van der Waals surface area contributed by atoms with E-state index in [9.17, 15) is 9.90 Å². The first-order chi connectivity index (χ1) is 10.2. The van der Waals surface area contributed by atoms with Crippen LogP contribution in [0.4, 0.5) is 4.79 Å². The molecule has 0 spiro atoms. The molecule has 1 aromatic rings. The van der Waals surface area contributed by atoms with Crippen LogP contribution in [-0.4, -0.2) is 41.4 Å². The Hall–Kier alpha value is -1.75. The molecule has 1 saturated heterocycles. The van der Waals surface area contributed by atoms with Crippen LogP contribution in [0, 0.1) is 0 Å². The number of hydrogen-bond donors (Lipinski definition) is 1. The third-order valence-corrected chi connectivity index (χ3v) is 3.42. The van der Waals surface area contributed by atoms with E-state index in [4.69, 9.17) is 9.47 Å². The fourth-order valence-corrected chi connectivity index (χ4v) is 2.30. The minimum atomic E-state index is -1.000. The van der Waals surface area contributed by atoms with Crippen LogP contribution in [0.25, 0.3) is 0 Å². The molecule has 0 saturated carbocycles. The van der Waals surface area contributed by atoms with Crippen LogP contribution in [0.2, 0.25) is 0 Å². The predicted molar refractivity (Wildman–Crippen MR) is 83.9 cm³/mol. The molecule has 1 fully saturated rings. The van der Waals surface area contributed by atoms with Crippen molar-refractivity contribution in [3.05, 3.63) is 29.8 Å². The normalized spacial score (nSPS) is 16.9. The highest BCUT2D eigenvalue weighted by Crippen LogP contribution is 2.33. The average Bonchev–Trinajstić information content (AvgIpc) is 2.40. The Morgan fingerprint density at radius 3 is 2.36 bits per heavy atom. The van der Waals surface area contributed by atoms with Crippen molar-refractivity contribution in [3.63, 3.8) is 0 Å². The molecule has 0 aromatic heterocycles. The first-order valence-electron chi connectivity index (χ1n) is 7.67. The zero-order chi connectivity index (χ0) is 16.4. The number of benzene rings is 1. The van der Waals surface area contributed by atoms with E-state index in [-0.39, 0.29) is 19.2 Å². The fraction of sp³-hybridized carbons (Fsp3) is 0.588. The van der Waals surface area contributed by atoms with Crippen LogP contribution in [0.5, 0.6) is 5.75 Å². The topological polar surface area (TPSA) is 59.0 Å². The Morgan fingerprint density at radius 1 is 1.27 bits per heavy atom. The van der Waals surface area contributed by atoms with Crippen molar-refractivity contribution in [1.29, 1.82) is 0 Å². The molecular formula is C17H25NO4. The summed E-state index contributed by atoms with van der Waals surface area (Å²) in [6.45, 7) is 8.70. The molecular weight excluding hydrogens is 282 g/mol. The first kappa shape index (κ1) is 16.6. The second-order valence-corrected chi connectivity index (χ2v) is 6.74. The maximum absolute atomic E-state index is 11.9. The lowest BCUT2D eigenvalue weighted by Crippen LogP contribution is -2.61. The largest absolute Gasteiger partial charge is 0.494 e. The molecule has 0 unspecified atom stereocenters. The number of carbonyl (C=O) groups is 1. The lowest BCUT2D eigenvalue weighted by molar-refractivity contribution is -0.103. The predicted octanol–water partition coefficient (Wildman–Crippen LogP) is 2.91. The standard InChI is InChI=1S/C17H25NO4/c1-5-10-21-14-8-6-13(7-9-14)17(20)11-18(12-17)15(19)22-16(2,3)4/h6-9,20H,5,10-12H2,1-4H3. The van der Waals surface area contributed by atoms with Gasteiger partial charge in [0, 0.05) is 0 Å². The average molecular weight is 307 g/mol. The second-order valence-electron chi connectivity index (χ2n) is 6.74. The van der Waals surface area contributed by atoms with E-state index in [1.807, 2.05) is 45.0 Å². The Labute approximate surface area is 131 Å². The van der Waals surface area contributed by atoms with Gasteiger partial charge in [-0.05, 0) is 44.9 Å². The van der Waals surface area contributed by atoms with Crippen molar-refractivity contribution >= 4 is 6.09 Å². The molecule has 0 atom stereocenters. The van der Waals surface area contributed by atoms with Gasteiger partial charge in [0.15, 0.2) is 0 Å². The molecule has 0 radical (unpaired) electrons. The number of hydrogen-bond acceptors (Lipinski definition) is 4. The van der Waals surface area contributed by atoms with Crippen molar-refractivity contribution in [2.75, 3.05) is 19.7 Å². The monoisotopic (exact) mass is 307 g/mol. The number of amides is 1. The van der Waals surface area contributed by atoms with Gasteiger partial charge in [0.2, 0.25) is 0 Å². The van der Waals surface area contributed by atoms with Gasteiger partial charge in [-0.3, -0.25) is 0 Å². The van der Waals surface area contributed by atoms with Gasteiger partial charge in [0.1, 0.15) is 17.0 Å². The Kier molecular flexibility index (Phi) is 4.66. The molecule has 2 rings (SSSR count). The highest BCUT2D eigenvalue weighted by atomic mass is 16.6. The summed E-state index contributed by atoms with van der Waals surface area (Å²) in [4.78, 5) is 13.4. The number of ether oxygens (including phenoxy) is 2. The Morgan fingerprint density at radius 2 is 1.86 bits per heavy atom.